The largest absolute Gasteiger partial charge is 0.324 e. The van der Waals surface area contributed by atoms with Gasteiger partial charge in [0.05, 0.1) is 0 Å². The van der Waals surface area contributed by atoms with Gasteiger partial charge < -0.3 is 10.6 Å². The summed E-state index contributed by atoms with van der Waals surface area (Å²) in [5, 5.41) is 6.32. The van der Waals surface area contributed by atoms with Gasteiger partial charge in [-0.25, -0.2) is 0 Å². The van der Waals surface area contributed by atoms with Crippen LogP contribution in [0.1, 0.15) is 16.7 Å². The Kier molecular flexibility index (Phi) is 4.22. The van der Waals surface area contributed by atoms with E-state index in [1.807, 2.05) is 14.0 Å². The van der Waals surface area contributed by atoms with Gasteiger partial charge >= 0.3 is 0 Å². The van der Waals surface area contributed by atoms with E-state index in [0.717, 1.165) is 24.3 Å². The smallest absolute Gasteiger partial charge is 0.243 e. The lowest BCUT2D eigenvalue weighted by Crippen LogP contribution is -2.54. The molecule has 1 aromatic carbocycles. The number of nitrogens with one attached hydrogen (secondary N) is 2. The van der Waals surface area contributed by atoms with Crippen molar-refractivity contribution in [3.8, 4) is 0 Å². The summed E-state index contributed by atoms with van der Waals surface area (Å²) in [5.41, 5.74) is 4.50. The van der Waals surface area contributed by atoms with Crippen LogP contribution in [0.25, 0.3) is 0 Å². The molecule has 4 heteroatoms. The van der Waals surface area contributed by atoms with Gasteiger partial charge in [-0.15, -0.1) is 0 Å². The number of hydrogen-bond acceptors (Lipinski definition) is 3. The van der Waals surface area contributed by atoms with E-state index in [1.165, 1.54) is 11.1 Å². The average molecular weight is 261 g/mol. The van der Waals surface area contributed by atoms with Crippen molar-refractivity contribution in [3.63, 3.8) is 0 Å². The van der Waals surface area contributed by atoms with E-state index in [0.29, 0.717) is 6.54 Å². The number of rotatable bonds is 2. The lowest BCUT2D eigenvalue weighted by molar-refractivity contribution is -0.121. The van der Waals surface area contributed by atoms with Crippen molar-refractivity contribution in [3.05, 3.63) is 28.8 Å². The molecular weight excluding hydrogens is 238 g/mol. The number of hydrogen-bond donors (Lipinski definition) is 2. The lowest BCUT2D eigenvalue weighted by Gasteiger charge is -2.32. The number of amides is 1. The van der Waals surface area contributed by atoms with Crippen molar-refractivity contribution in [2.45, 2.75) is 26.8 Å². The second-order valence-electron chi connectivity index (χ2n) is 5.44. The SMILES string of the molecule is Cc1cc(C)c(NC(=O)C2CNCCN2C)cc1C. The van der Waals surface area contributed by atoms with Crippen LogP contribution in [-0.4, -0.2) is 43.5 Å². The van der Waals surface area contributed by atoms with Gasteiger partial charge in [-0.3, -0.25) is 9.69 Å². The first-order valence-corrected chi connectivity index (χ1v) is 6.78. The first kappa shape index (κ1) is 14.0. The fraction of sp³-hybridized carbons (Fsp3) is 0.533. The fourth-order valence-corrected chi connectivity index (χ4v) is 2.41. The highest BCUT2D eigenvalue weighted by atomic mass is 16.2. The third kappa shape index (κ3) is 3.14. The van der Waals surface area contributed by atoms with Gasteiger partial charge in [0.15, 0.2) is 0 Å². The highest BCUT2D eigenvalue weighted by Crippen LogP contribution is 2.20. The van der Waals surface area contributed by atoms with Crippen molar-refractivity contribution in [2.24, 2.45) is 0 Å². The molecule has 0 aliphatic carbocycles. The molecule has 0 saturated carbocycles. The van der Waals surface area contributed by atoms with E-state index in [9.17, 15) is 4.79 Å². The summed E-state index contributed by atoms with van der Waals surface area (Å²) in [5.74, 6) is 0.0704. The summed E-state index contributed by atoms with van der Waals surface area (Å²) >= 11 is 0. The van der Waals surface area contributed by atoms with Gasteiger partial charge in [-0.1, -0.05) is 6.07 Å². The van der Waals surface area contributed by atoms with Crippen molar-refractivity contribution in [2.75, 3.05) is 32.0 Å². The molecular formula is C15H23N3O. The molecule has 1 aromatic rings. The maximum Gasteiger partial charge on any atom is 0.243 e. The van der Waals surface area contributed by atoms with E-state index in [2.05, 4.69) is 41.5 Å². The summed E-state index contributed by atoms with van der Waals surface area (Å²) < 4.78 is 0. The molecule has 2 rings (SSSR count). The number of piperazine rings is 1. The summed E-state index contributed by atoms with van der Waals surface area (Å²) in [7, 11) is 2.00. The van der Waals surface area contributed by atoms with E-state index in [-0.39, 0.29) is 11.9 Å². The molecule has 4 nitrogen and oxygen atoms in total. The van der Waals surface area contributed by atoms with Gasteiger partial charge in [0, 0.05) is 25.3 Å². The van der Waals surface area contributed by atoms with Crippen LogP contribution in [0.4, 0.5) is 5.69 Å². The standard InChI is InChI=1S/C15H23N3O/c1-10-7-12(3)13(8-11(10)2)17-15(19)14-9-16-5-6-18(14)4/h7-8,14,16H,5-6,9H2,1-4H3,(H,17,19). The molecule has 1 heterocycles. The summed E-state index contributed by atoms with van der Waals surface area (Å²) in [4.78, 5) is 14.4. The van der Waals surface area contributed by atoms with Gasteiger partial charge in [-0.2, -0.15) is 0 Å². The molecule has 1 aliphatic heterocycles. The van der Waals surface area contributed by atoms with Crippen molar-refractivity contribution in [1.29, 1.82) is 0 Å². The monoisotopic (exact) mass is 261 g/mol. The Hall–Kier alpha value is -1.39. The maximum absolute atomic E-state index is 12.3. The minimum atomic E-state index is -0.0882. The van der Waals surface area contributed by atoms with Crippen LogP contribution >= 0.6 is 0 Å². The molecule has 0 aromatic heterocycles. The third-order valence-corrected chi connectivity index (χ3v) is 3.91. The molecule has 19 heavy (non-hydrogen) atoms. The van der Waals surface area contributed by atoms with Gasteiger partial charge in [0.25, 0.3) is 0 Å². The van der Waals surface area contributed by atoms with Gasteiger partial charge in [0.2, 0.25) is 5.91 Å². The number of aryl methyl sites for hydroxylation is 3. The zero-order chi connectivity index (χ0) is 14.0. The Labute approximate surface area is 115 Å². The summed E-state index contributed by atoms with van der Waals surface area (Å²) in [6, 6.07) is 4.09. The van der Waals surface area contributed by atoms with E-state index >= 15 is 0 Å². The molecule has 1 saturated heterocycles. The Balaban J connectivity index is 2.12. The molecule has 0 radical (unpaired) electrons. The van der Waals surface area contributed by atoms with Gasteiger partial charge in [-0.05, 0) is 50.6 Å². The molecule has 1 atom stereocenters. The maximum atomic E-state index is 12.3. The summed E-state index contributed by atoms with van der Waals surface area (Å²) in [6.45, 7) is 8.76. The van der Waals surface area contributed by atoms with E-state index in [4.69, 9.17) is 0 Å². The van der Waals surface area contributed by atoms with Crippen molar-refractivity contribution < 1.29 is 4.79 Å². The Morgan fingerprint density at radius 1 is 1.26 bits per heavy atom. The average Bonchev–Trinajstić information content (AvgIpc) is 2.36. The lowest BCUT2D eigenvalue weighted by atomic mass is 10.0. The quantitative estimate of drug-likeness (QED) is 0.847. The highest BCUT2D eigenvalue weighted by molar-refractivity contribution is 5.95. The number of carbonyl (C=O) groups excluding carboxylic acids is 1. The second kappa shape index (κ2) is 5.72. The molecule has 1 fully saturated rings. The minimum absolute atomic E-state index is 0.0704. The topological polar surface area (TPSA) is 44.4 Å². The fourth-order valence-electron chi connectivity index (χ4n) is 2.41. The predicted molar refractivity (Wildman–Crippen MR) is 78.6 cm³/mol. The normalized spacial score (nSPS) is 20.3. The minimum Gasteiger partial charge on any atom is -0.324 e. The zero-order valence-corrected chi connectivity index (χ0v) is 12.2. The van der Waals surface area contributed by atoms with Crippen LogP contribution in [-0.2, 0) is 4.79 Å². The van der Waals surface area contributed by atoms with Crippen LogP contribution in [0.2, 0.25) is 0 Å². The predicted octanol–water partition coefficient (Wildman–Crippen LogP) is 1.45. The Morgan fingerprint density at radius 3 is 2.63 bits per heavy atom. The molecule has 1 aliphatic rings. The molecule has 2 N–H and O–H groups in total. The third-order valence-electron chi connectivity index (χ3n) is 3.91. The van der Waals surface area contributed by atoms with E-state index in [1.54, 1.807) is 0 Å². The number of likely N-dealkylation sites (N-methyl/N-ethyl adjacent to an activating group) is 1. The summed E-state index contributed by atoms with van der Waals surface area (Å²) in [6.07, 6.45) is 0. The zero-order valence-electron chi connectivity index (χ0n) is 12.2. The first-order chi connectivity index (χ1) is 8.99. The van der Waals surface area contributed by atoms with Crippen molar-refractivity contribution in [1.82, 2.24) is 10.2 Å². The van der Waals surface area contributed by atoms with Gasteiger partial charge in [0.1, 0.15) is 6.04 Å². The molecule has 1 amide bonds. The molecule has 0 spiro atoms. The van der Waals surface area contributed by atoms with E-state index < -0.39 is 0 Å². The number of nitrogens with zero attached hydrogens (tertiary/aromatic N) is 1. The molecule has 0 bridgehead atoms. The highest BCUT2D eigenvalue weighted by Gasteiger charge is 2.25. The number of benzene rings is 1. The van der Waals surface area contributed by atoms with Crippen LogP contribution in [0.5, 0.6) is 0 Å². The van der Waals surface area contributed by atoms with Crippen LogP contribution in [0, 0.1) is 20.8 Å². The Morgan fingerprint density at radius 2 is 1.95 bits per heavy atom. The Bertz CT molecular complexity index is 485. The second-order valence-corrected chi connectivity index (χ2v) is 5.44. The van der Waals surface area contributed by atoms with Crippen LogP contribution in [0.15, 0.2) is 12.1 Å². The number of anilines is 1. The molecule has 1 unspecified atom stereocenters. The molecule has 104 valence electrons. The number of carbonyl (C=O) groups is 1. The van der Waals surface area contributed by atoms with Crippen LogP contribution in [0.3, 0.4) is 0 Å². The first-order valence-electron chi connectivity index (χ1n) is 6.78. The van der Waals surface area contributed by atoms with Crippen molar-refractivity contribution >= 4 is 11.6 Å². The van der Waals surface area contributed by atoms with Crippen LogP contribution < -0.4 is 10.6 Å².